The van der Waals surface area contributed by atoms with Crippen LogP contribution in [0.15, 0.2) is 36.5 Å². The number of benzene rings is 1. The fourth-order valence-corrected chi connectivity index (χ4v) is 2.94. The number of hydrogen-bond donors (Lipinski definition) is 2. The number of rotatable bonds is 3. The van der Waals surface area contributed by atoms with E-state index in [9.17, 15) is 5.11 Å². The van der Waals surface area contributed by atoms with Gasteiger partial charge in [0.05, 0.1) is 12.7 Å². The van der Waals surface area contributed by atoms with Crippen LogP contribution >= 0.6 is 0 Å². The van der Waals surface area contributed by atoms with Crippen LogP contribution in [-0.4, -0.2) is 17.2 Å². The molecule has 1 aliphatic carbocycles. The number of nitrogen functional groups attached to an aromatic ring is 1. The predicted molar refractivity (Wildman–Crippen MR) is 77.6 cm³/mol. The number of nitrogens with zero attached hydrogens (tertiary/aromatic N) is 1. The zero-order valence-electron chi connectivity index (χ0n) is 11.5. The molecule has 0 aliphatic heterocycles. The Balaban J connectivity index is 1.95. The molecular formula is C16H18N2O2. The first-order valence-corrected chi connectivity index (χ1v) is 6.71. The molecule has 4 nitrogen and oxygen atoms in total. The summed E-state index contributed by atoms with van der Waals surface area (Å²) >= 11 is 0. The number of aliphatic hydroxyl groups is 1. The Hall–Kier alpha value is -2.07. The van der Waals surface area contributed by atoms with Gasteiger partial charge < -0.3 is 15.6 Å². The van der Waals surface area contributed by atoms with Gasteiger partial charge in [0, 0.05) is 12.6 Å². The van der Waals surface area contributed by atoms with Crippen molar-refractivity contribution in [3.63, 3.8) is 0 Å². The lowest BCUT2D eigenvalue weighted by atomic mass is 9.89. The molecule has 1 aromatic heterocycles. The maximum Gasteiger partial charge on any atom is 0.123 e. The molecule has 0 radical (unpaired) electrons. The molecule has 3 N–H and O–H groups in total. The van der Waals surface area contributed by atoms with E-state index in [-0.39, 0.29) is 0 Å². The fourth-order valence-electron chi connectivity index (χ4n) is 2.94. The van der Waals surface area contributed by atoms with E-state index >= 15 is 0 Å². The molecule has 0 saturated heterocycles. The van der Waals surface area contributed by atoms with Gasteiger partial charge in [0.2, 0.25) is 0 Å². The minimum absolute atomic E-state index is 0.481. The van der Waals surface area contributed by atoms with Crippen molar-refractivity contribution in [3.8, 4) is 5.75 Å². The number of fused-ring (bicyclic) bond motifs is 1. The van der Waals surface area contributed by atoms with E-state index in [1.807, 2.05) is 30.3 Å². The van der Waals surface area contributed by atoms with Crippen LogP contribution in [0.1, 0.15) is 23.1 Å². The Labute approximate surface area is 118 Å². The van der Waals surface area contributed by atoms with E-state index in [2.05, 4.69) is 4.98 Å². The van der Waals surface area contributed by atoms with Crippen LogP contribution in [-0.2, 0) is 18.4 Å². The first-order valence-electron chi connectivity index (χ1n) is 6.71. The number of pyridine rings is 1. The highest BCUT2D eigenvalue weighted by Crippen LogP contribution is 2.41. The number of ether oxygens (including phenoxy) is 1. The van der Waals surface area contributed by atoms with E-state index in [0.29, 0.717) is 12.2 Å². The molecule has 1 aromatic carbocycles. The Morgan fingerprint density at radius 3 is 2.95 bits per heavy atom. The number of aryl methyl sites for hydroxylation is 1. The molecule has 0 amide bonds. The van der Waals surface area contributed by atoms with Gasteiger partial charge in [0.1, 0.15) is 11.6 Å². The van der Waals surface area contributed by atoms with Gasteiger partial charge >= 0.3 is 0 Å². The third kappa shape index (κ3) is 2.23. The highest BCUT2D eigenvalue weighted by molar-refractivity contribution is 5.44. The molecule has 0 saturated carbocycles. The van der Waals surface area contributed by atoms with Crippen LogP contribution in [0, 0.1) is 0 Å². The second-order valence-corrected chi connectivity index (χ2v) is 5.32. The highest BCUT2D eigenvalue weighted by Gasteiger charge is 2.37. The summed E-state index contributed by atoms with van der Waals surface area (Å²) in [6.07, 6.45) is 3.82. The number of aromatic nitrogens is 1. The van der Waals surface area contributed by atoms with Crippen LogP contribution in [0.4, 0.5) is 5.82 Å². The van der Waals surface area contributed by atoms with Crippen molar-refractivity contribution in [3.05, 3.63) is 53.2 Å². The highest BCUT2D eigenvalue weighted by atomic mass is 16.5. The molecule has 1 unspecified atom stereocenters. The average molecular weight is 270 g/mol. The third-order valence-electron chi connectivity index (χ3n) is 3.97. The summed E-state index contributed by atoms with van der Waals surface area (Å²) in [7, 11) is 1.64. The maximum atomic E-state index is 11.0. The lowest BCUT2D eigenvalue weighted by Crippen LogP contribution is -2.25. The molecular weight excluding hydrogens is 252 g/mol. The molecule has 0 bridgehead atoms. The van der Waals surface area contributed by atoms with Crippen LogP contribution in [0.3, 0.4) is 0 Å². The lowest BCUT2D eigenvalue weighted by Gasteiger charge is -2.24. The van der Waals surface area contributed by atoms with Gasteiger partial charge in [-0.05, 0) is 53.8 Å². The van der Waals surface area contributed by atoms with E-state index in [1.54, 1.807) is 13.3 Å². The smallest absolute Gasteiger partial charge is 0.123 e. The molecule has 3 rings (SSSR count). The largest absolute Gasteiger partial charge is 0.497 e. The minimum atomic E-state index is -0.850. The van der Waals surface area contributed by atoms with Gasteiger partial charge in [-0.3, -0.25) is 0 Å². The summed E-state index contributed by atoms with van der Waals surface area (Å²) < 4.78 is 5.26. The summed E-state index contributed by atoms with van der Waals surface area (Å²) in [4.78, 5) is 3.98. The minimum Gasteiger partial charge on any atom is -0.497 e. The normalized spacial score (nSPS) is 20.7. The maximum absolute atomic E-state index is 11.0. The van der Waals surface area contributed by atoms with Gasteiger partial charge in [-0.25, -0.2) is 4.98 Å². The standard InChI is InChI=1S/C16H18N2O2/c1-20-13-3-2-12-4-6-16(19,14(12)9-13)10-11-5-7-18-15(17)8-11/h2-3,5,7-9,19H,4,6,10H2,1H3,(H2,17,18). The first kappa shape index (κ1) is 12.9. The molecule has 0 fully saturated rings. The number of nitrogens with two attached hydrogens (primary N) is 1. The first-order chi connectivity index (χ1) is 9.60. The number of hydrogen-bond acceptors (Lipinski definition) is 4. The summed E-state index contributed by atoms with van der Waals surface area (Å²) in [6, 6.07) is 9.62. The average Bonchev–Trinajstić information content (AvgIpc) is 2.76. The van der Waals surface area contributed by atoms with Crippen molar-refractivity contribution < 1.29 is 9.84 Å². The zero-order valence-corrected chi connectivity index (χ0v) is 11.5. The van der Waals surface area contributed by atoms with Gasteiger partial charge in [-0.2, -0.15) is 0 Å². The van der Waals surface area contributed by atoms with Crippen LogP contribution in [0.25, 0.3) is 0 Å². The van der Waals surface area contributed by atoms with Crippen LogP contribution < -0.4 is 10.5 Å². The molecule has 104 valence electrons. The summed E-state index contributed by atoms with van der Waals surface area (Å²) in [5.74, 6) is 1.26. The molecule has 1 atom stereocenters. The van der Waals surface area contributed by atoms with Gasteiger partial charge in [0.25, 0.3) is 0 Å². The summed E-state index contributed by atoms with van der Waals surface area (Å²) in [5.41, 5.74) is 8.01. The topological polar surface area (TPSA) is 68.4 Å². The van der Waals surface area contributed by atoms with E-state index in [0.717, 1.165) is 29.7 Å². The molecule has 1 aliphatic rings. The van der Waals surface area contributed by atoms with Crippen LogP contribution in [0.5, 0.6) is 5.75 Å². The van der Waals surface area contributed by atoms with E-state index < -0.39 is 5.60 Å². The Morgan fingerprint density at radius 2 is 2.20 bits per heavy atom. The predicted octanol–water partition coefficient (Wildman–Crippen LogP) is 2.05. The number of anilines is 1. The van der Waals surface area contributed by atoms with Crippen molar-refractivity contribution in [2.24, 2.45) is 0 Å². The molecule has 4 heteroatoms. The van der Waals surface area contributed by atoms with Crippen molar-refractivity contribution in [1.29, 1.82) is 0 Å². The van der Waals surface area contributed by atoms with Crippen molar-refractivity contribution in [1.82, 2.24) is 4.98 Å². The fraction of sp³-hybridized carbons (Fsp3) is 0.312. The third-order valence-corrected chi connectivity index (χ3v) is 3.97. The van der Waals surface area contributed by atoms with Gasteiger partial charge in [-0.1, -0.05) is 6.07 Å². The Morgan fingerprint density at radius 1 is 1.35 bits per heavy atom. The van der Waals surface area contributed by atoms with E-state index in [4.69, 9.17) is 10.5 Å². The van der Waals surface area contributed by atoms with Gasteiger partial charge in [-0.15, -0.1) is 0 Å². The second-order valence-electron chi connectivity index (χ2n) is 5.32. The molecule has 2 aromatic rings. The van der Waals surface area contributed by atoms with E-state index in [1.165, 1.54) is 5.56 Å². The monoisotopic (exact) mass is 270 g/mol. The van der Waals surface area contributed by atoms with Crippen molar-refractivity contribution in [2.45, 2.75) is 24.9 Å². The van der Waals surface area contributed by atoms with Crippen LogP contribution in [0.2, 0.25) is 0 Å². The Bertz CT molecular complexity index is 642. The molecule has 1 heterocycles. The second kappa shape index (κ2) is 4.80. The Kier molecular flexibility index (Phi) is 3.10. The summed E-state index contributed by atoms with van der Waals surface area (Å²) in [6.45, 7) is 0. The quantitative estimate of drug-likeness (QED) is 0.895. The zero-order chi connectivity index (χ0) is 14.2. The SMILES string of the molecule is COc1ccc2c(c1)C(O)(Cc1ccnc(N)c1)CC2. The molecule has 0 spiro atoms. The van der Waals surface area contributed by atoms with Crippen molar-refractivity contribution >= 4 is 5.82 Å². The molecule has 20 heavy (non-hydrogen) atoms. The number of methoxy groups -OCH3 is 1. The summed E-state index contributed by atoms with van der Waals surface area (Å²) in [5, 5.41) is 11.0. The van der Waals surface area contributed by atoms with Gasteiger partial charge in [0.15, 0.2) is 0 Å². The van der Waals surface area contributed by atoms with Crippen molar-refractivity contribution in [2.75, 3.05) is 12.8 Å². The lowest BCUT2D eigenvalue weighted by molar-refractivity contribution is 0.0388.